The second kappa shape index (κ2) is 7.51. The highest BCUT2D eigenvalue weighted by molar-refractivity contribution is 7.89. The minimum absolute atomic E-state index is 0.0274. The van der Waals surface area contributed by atoms with Gasteiger partial charge in [0.05, 0.1) is 23.5 Å². The van der Waals surface area contributed by atoms with E-state index in [4.69, 9.17) is 9.84 Å². The number of carbonyl (C=O) groups is 2. The summed E-state index contributed by atoms with van der Waals surface area (Å²) in [7, 11) is -3.70. The minimum Gasteiger partial charge on any atom is -0.481 e. The largest absolute Gasteiger partial charge is 0.481 e. The summed E-state index contributed by atoms with van der Waals surface area (Å²) in [5.74, 6) is -1.55. The fourth-order valence-corrected chi connectivity index (χ4v) is 3.67. The fraction of sp³-hybridized carbons (Fsp3) is 0.500. The molecule has 1 amide bonds. The summed E-state index contributed by atoms with van der Waals surface area (Å²) in [6.07, 6.45) is 0. The van der Waals surface area contributed by atoms with E-state index in [-0.39, 0.29) is 30.1 Å². The van der Waals surface area contributed by atoms with E-state index in [0.717, 1.165) is 0 Å². The highest BCUT2D eigenvalue weighted by Crippen LogP contribution is 2.19. The number of carboxylic acid groups (broad SMARTS) is 1. The van der Waals surface area contributed by atoms with Crippen LogP contribution in [-0.4, -0.2) is 62.6 Å². The Bertz CT molecular complexity index is 754. The summed E-state index contributed by atoms with van der Waals surface area (Å²) in [5, 5.41) is 11.6. The molecule has 8 nitrogen and oxygen atoms in total. The molecule has 25 heavy (non-hydrogen) atoms. The molecule has 0 aromatic heterocycles. The van der Waals surface area contributed by atoms with E-state index in [9.17, 15) is 18.0 Å². The minimum atomic E-state index is -3.70. The Morgan fingerprint density at radius 1 is 1.28 bits per heavy atom. The maximum atomic E-state index is 12.6. The van der Waals surface area contributed by atoms with Gasteiger partial charge in [-0.3, -0.25) is 9.59 Å². The maximum absolute atomic E-state index is 12.6. The van der Waals surface area contributed by atoms with Crippen LogP contribution < -0.4 is 5.32 Å². The lowest BCUT2D eigenvalue weighted by Crippen LogP contribution is -2.41. The number of nitrogens with one attached hydrogen (secondary N) is 1. The molecule has 1 aliphatic heterocycles. The van der Waals surface area contributed by atoms with Crippen molar-refractivity contribution in [3.05, 3.63) is 29.8 Å². The molecule has 2 N–H and O–H groups in total. The van der Waals surface area contributed by atoms with Crippen molar-refractivity contribution in [2.75, 3.05) is 32.8 Å². The van der Waals surface area contributed by atoms with Gasteiger partial charge in [-0.2, -0.15) is 4.31 Å². The first-order valence-electron chi connectivity index (χ1n) is 7.84. The fourth-order valence-electron chi connectivity index (χ4n) is 2.21. The number of carboxylic acids is 1. The van der Waals surface area contributed by atoms with Gasteiger partial charge in [-0.1, -0.05) is 6.07 Å². The van der Waals surface area contributed by atoms with Gasteiger partial charge in [-0.05, 0) is 32.0 Å². The number of amides is 1. The first-order valence-corrected chi connectivity index (χ1v) is 9.28. The second-order valence-corrected chi connectivity index (χ2v) is 8.35. The Morgan fingerprint density at radius 2 is 1.92 bits per heavy atom. The molecule has 0 unspecified atom stereocenters. The molecule has 1 aromatic carbocycles. The third kappa shape index (κ3) is 4.56. The molecule has 0 spiro atoms. The zero-order valence-corrected chi connectivity index (χ0v) is 15.0. The van der Waals surface area contributed by atoms with Crippen molar-refractivity contribution in [2.45, 2.75) is 18.7 Å². The van der Waals surface area contributed by atoms with Crippen LogP contribution in [0.3, 0.4) is 0 Å². The third-order valence-electron chi connectivity index (χ3n) is 3.97. The molecule has 1 saturated heterocycles. The number of morpholine rings is 1. The molecule has 9 heteroatoms. The summed E-state index contributed by atoms with van der Waals surface area (Å²) < 4.78 is 31.7. The second-order valence-electron chi connectivity index (χ2n) is 6.42. The molecular formula is C16H22N2O6S. The molecule has 138 valence electrons. The number of ether oxygens (including phenoxy) is 1. The number of rotatable bonds is 6. The standard InChI is InChI=1S/C16H22N2O6S/c1-16(2,15(20)21)11-17-14(19)12-4-3-5-13(10-12)25(22,23)18-6-8-24-9-7-18/h3-5,10H,6-9,11H2,1-2H3,(H,17,19)(H,20,21). The Labute approximate surface area is 146 Å². The highest BCUT2D eigenvalue weighted by Gasteiger charge is 2.29. The van der Waals surface area contributed by atoms with Crippen LogP contribution in [0.15, 0.2) is 29.2 Å². The lowest BCUT2D eigenvalue weighted by atomic mass is 9.94. The molecule has 1 aromatic rings. The smallest absolute Gasteiger partial charge is 0.310 e. The van der Waals surface area contributed by atoms with Crippen molar-refractivity contribution in [1.82, 2.24) is 9.62 Å². The van der Waals surface area contributed by atoms with Crippen molar-refractivity contribution < 1.29 is 27.9 Å². The van der Waals surface area contributed by atoms with Crippen LogP contribution in [0, 0.1) is 5.41 Å². The average molecular weight is 370 g/mol. The van der Waals surface area contributed by atoms with Gasteiger partial charge in [0.1, 0.15) is 0 Å². The maximum Gasteiger partial charge on any atom is 0.310 e. The van der Waals surface area contributed by atoms with Crippen molar-refractivity contribution in [3.63, 3.8) is 0 Å². The van der Waals surface area contributed by atoms with E-state index >= 15 is 0 Å². The number of hydrogen-bond donors (Lipinski definition) is 2. The molecule has 0 atom stereocenters. The quantitative estimate of drug-likeness (QED) is 0.756. The van der Waals surface area contributed by atoms with Gasteiger partial charge in [0.15, 0.2) is 0 Å². The predicted octanol–water partition coefficient (Wildman–Crippen LogP) is 0.548. The molecule has 1 heterocycles. The summed E-state index contributed by atoms with van der Waals surface area (Å²) in [4.78, 5) is 23.3. The van der Waals surface area contributed by atoms with Gasteiger partial charge in [0.25, 0.3) is 5.91 Å². The molecule has 2 rings (SSSR count). The number of aliphatic carboxylic acids is 1. The number of sulfonamides is 1. The number of hydrogen-bond acceptors (Lipinski definition) is 5. The SMILES string of the molecule is CC(C)(CNC(=O)c1cccc(S(=O)(=O)N2CCOCC2)c1)C(=O)O. The summed E-state index contributed by atoms with van der Waals surface area (Å²) >= 11 is 0. The van der Waals surface area contributed by atoms with Crippen LogP contribution in [-0.2, 0) is 19.6 Å². The van der Waals surface area contributed by atoms with Gasteiger partial charge in [-0.15, -0.1) is 0 Å². The van der Waals surface area contributed by atoms with Gasteiger partial charge in [-0.25, -0.2) is 8.42 Å². The van der Waals surface area contributed by atoms with Crippen molar-refractivity contribution in [1.29, 1.82) is 0 Å². The zero-order chi connectivity index (χ0) is 18.7. The summed E-state index contributed by atoms with van der Waals surface area (Å²) in [6.45, 7) is 4.13. The number of carbonyl (C=O) groups excluding carboxylic acids is 1. The molecule has 1 fully saturated rings. The summed E-state index contributed by atoms with van der Waals surface area (Å²) in [5.41, 5.74) is -0.955. The van der Waals surface area contributed by atoms with Crippen molar-refractivity contribution >= 4 is 21.9 Å². The van der Waals surface area contributed by atoms with E-state index < -0.39 is 27.3 Å². The van der Waals surface area contributed by atoms with Crippen LogP contribution in [0.1, 0.15) is 24.2 Å². The Hall–Kier alpha value is -1.97. The number of benzene rings is 1. The van der Waals surface area contributed by atoms with E-state index in [1.165, 1.54) is 42.4 Å². The van der Waals surface area contributed by atoms with E-state index in [0.29, 0.717) is 13.2 Å². The zero-order valence-electron chi connectivity index (χ0n) is 14.2. The number of nitrogens with zero attached hydrogens (tertiary/aromatic N) is 1. The van der Waals surface area contributed by atoms with Gasteiger partial charge < -0.3 is 15.2 Å². The van der Waals surface area contributed by atoms with Crippen molar-refractivity contribution in [3.8, 4) is 0 Å². The first-order chi connectivity index (χ1) is 11.6. The third-order valence-corrected chi connectivity index (χ3v) is 5.87. The van der Waals surface area contributed by atoms with Crippen LogP contribution in [0.25, 0.3) is 0 Å². The molecule has 0 radical (unpaired) electrons. The average Bonchev–Trinajstić information content (AvgIpc) is 2.60. The highest BCUT2D eigenvalue weighted by atomic mass is 32.2. The molecule has 0 saturated carbocycles. The van der Waals surface area contributed by atoms with Crippen LogP contribution in [0.2, 0.25) is 0 Å². The van der Waals surface area contributed by atoms with Gasteiger partial charge in [0, 0.05) is 25.2 Å². The Kier molecular flexibility index (Phi) is 5.81. The summed E-state index contributed by atoms with van der Waals surface area (Å²) in [6, 6.07) is 5.71. The van der Waals surface area contributed by atoms with Crippen molar-refractivity contribution in [2.24, 2.45) is 5.41 Å². The molecular weight excluding hydrogens is 348 g/mol. The molecule has 0 bridgehead atoms. The molecule has 1 aliphatic rings. The van der Waals surface area contributed by atoms with E-state index in [1.807, 2.05) is 0 Å². The molecule has 0 aliphatic carbocycles. The Morgan fingerprint density at radius 3 is 2.52 bits per heavy atom. The normalized spacial score (nSPS) is 16.4. The predicted molar refractivity (Wildman–Crippen MR) is 89.8 cm³/mol. The topological polar surface area (TPSA) is 113 Å². The van der Waals surface area contributed by atoms with E-state index in [1.54, 1.807) is 0 Å². The van der Waals surface area contributed by atoms with Crippen LogP contribution >= 0.6 is 0 Å². The lowest BCUT2D eigenvalue weighted by Gasteiger charge is -2.26. The monoisotopic (exact) mass is 370 g/mol. The lowest BCUT2D eigenvalue weighted by molar-refractivity contribution is -0.146. The van der Waals surface area contributed by atoms with Crippen LogP contribution in [0.5, 0.6) is 0 Å². The van der Waals surface area contributed by atoms with E-state index in [2.05, 4.69) is 5.32 Å². The van der Waals surface area contributed by atoms with Gasteiger partial charge in [0.2, 0.25) is 10.0 Å². The van der Waals surface area contributed by atoms with Gasteiger partial charge >= 0.3 is 5.97 Å². The van der Waals surface area contributed by atoms with Crippen LogP contribution in [0.4, 0.5) is 0 Å². The first kappa shape index (κ1) is 19.4. The Balaban J connectivity index is 2.15.